The molecule has 0 fully saturated rings. The topological polar surface area (TPSA) is 41.6 Å². The number of imidazole rings is 1. The van der Waals surface area contributed by atoms with Crippen LogP contribution in [0.4, 0.5) is 0 Å². The molecule has 0 amide bonds. The van der Waals surface area contributed by atoms with Gasteiger partial charge in [-0.1, -0.05) is 23.2 Å². The van der Waals surface area contributed by atoms with Gasteiger partial charge in [-0.05, 0) is 35.9 Å². The van der Waals surface area contributed by atoms with Crippen molar-refractivity contribution in [1.29, 1.82) is 0 Å². The number of hydrogen-bond acceptors (Lipinski definition) is 2. The first-order valence-corrected chi connectivity index (χ1v) is 6.86. The highest BCUT2D eigenvalue weighted by atomic mass is 35.5. The first-order chi connectivity index (χ1) is 9.72. The van der Waals surface area contributed by atoms with Crippen LogP contribution in [0.1, 0.15) is 11.4 Å². The first-order valence-electron chi connectivity index (χ1n) is 6.10. The minimum Gasteiger partial charge on any atom is -0.342 e. The summed E-state index contributed by atoms with van der Waals surface area (Å²) in [7, 11) is 0. The van der Waals surface area contributed by atoms with Gasteiger partial charge in [-0.3, -0.25) is 4.98 Å². The lowest BCUT2D eigenvalue weighted by molar-refractivity contribution is 1.02. The van der Waals surface area contributed by atoms with Crippen molar-refractivity contribution in [2.45, 2.75) is 6.42 Å². The fraction of sp³-hybridized carbons (Fsp3) is 0.0667. The largest absolute Gasteiger partial charge is 0.342 e. The van der Waals surface area contributed by atoms with Crippen molar-refractivity contribution in [2.75, 3.05) is 0 Å². The SMILES string of the molecule is Clc1ccc(Cl)c(-c2cnc(Cc3ccncc3)[nH]2)c1. The molecule has 2 heterocycles. The van der Waals surface area contributed by atoms with Crippen molar-refractivity contribution in [1.82, 2.24) is 15.0 Å². The number of nitrogens with zero attached hydrogens (tertiary/aromatic N) is 2. The van der Waals surface area contributed by atoms with E-state index in [1.165, 1.54) is 0 Å². The molecule has 5 heteroatoms. The number of rotatable bonds is 3. The van der Waals surface area contributed by atoms with Gasteiger partial charge in [0.1, 0.15) is 5.82 Å². The summed E-state index contributed by atoms with van der Waals surface area (Å²) in [6, 6.07) is 9.31. The molecule has 0 bridgehead atoms. The number of nitrogens with one attached hydrogen (secondary N) is 1. The van der Waals surface area contributed by atoms with Crippen molar-refractivity contribution in [2.24, 2.45) is 0 Å². The lowest BCUT2D eigenvalue weighted by Gasteiger charge is -2.02. The van der Waals surface area contributed by atoms with E-state index in [9.17, 15) is 0 Å². The van der Waals surface area contributed by atoms with Crippen LogP contribution in [-0.2, 0) is 6.42 Å². The second-order valence-electron chi connectivity index (χ2n) is 4.40. The molecule has 0 aliphatic heterocycles. The van der Waals surface area contributed by atoms with E-state index in [0.717, 1.165) is 29.1 Å². The van der Waals surface area contributed by atoms with Crippen LogP contribution >= 0.6 is 23.2 Å². The number of benzene rings is 1. The molecule has 0 aliphatic rings. The molecule has 20 heavy (non-hydrogen) atoms. The third kappa shape index (κ3) is 2.84. The predicted molar refractivity (Wildman–Crippen MR) is 81.1 cm³/mol. The van der Waals surface area contributed by atoms with Gasteiger partial charge in [-0.25, -0.2) is 4.98 Å². The molecule has 3 nitrogen and oxygen atoms in total. The van der Waals surface area contributed by atoms with Crippen LogP contribution in [0.2, 0.25) is 10.0 Å². The molecule has 0 radical (unpaired) electrons. The third-order valence-electron chi connectivity index (χ3n) is 2.97. The minimum absolute atomic E-state index is 0.647. The van der Waals surface area contributed by atoms with Crippen molar-refractivity contribution < 1.29 is 0 Å². The Kier molecular flexibility index (Phi) is 3.72. The third-order valence-corrected chi connectivity index (χ3v) is 3.53. The highest BCUT2D eigenvalue weighted by Gasteiger charge is 2.08. The summed E-state index contributed by atoms with van der Waals surface area (Å²) in [5.41, 5.74) is 2.87. The Morgan fingerprint density at radius 2 is 1.85 bits per heavy atom. The predicted octanol–water partition coefficient (Wildman–Crippen LogP) is 4.37. The normalized spacial score (nSPS) is 10.7. The Bertz CT molecular complexity index is 723. The lowest BCUT2D eigenvalue weighted by Crippen LogP contribution is -1.90. The van der Waals surface area contributed by atoms with E-state index in [1.807, 2.05) is 18.2 Å². The van der Waals surface area contributed by atoms with Gasteiger partial charge in [0.15, 0.2) is 0 Å². The van der Waals surface area contributed by atoms with Gasteiger partial charge in [0.25, 0.3) is 0 Å². The number of aromatic amines is 1. The number of H-pyrrole nitrogens is 1. The van der Waals surface area contributed by atoms with Gasteiger partial charge in [-0.15, -0.1) is 0 Å². The summed E-state index contributed by atoms with van der Waals surface area (Å²) in [4.78, 5) is 11.7. The van der Waals surface area contributed by atoms with Crippen LogP contribution in [0.5, 0.6) is 0 Å². The molecule has 1 aromatic carbocycles. The van der Waals surface area contributed by atoms with E-state index in [1.54, 1.807) is 30.7 Å². The van der Waals surface area contributed by atoms with Crippen LogP contribution < -0.4 is 0 Å². The Labute approximate surface area is 126 Å². The zero-order chi connectivity index (χ0) is 13.9. The molecule has 0 aliphatic carbocycles. The monoisotopic (exact) mass is 303 g/mol. The fourth-order valence-corrected chi connectivity index (χ4v) is 2.38. The van der Waals surface area contributed by atoms with Crippen molar-refractivity contribution in [3.8, 4) is 11.3 Å². The van der Waals surface area contributed by atoms with E-state index in [0.29, 0.717) is 10.0 Å². The quantitative estimate of drug-likeness (QED) is 0.780. The average Bonchev–Trinajstić information content (AvgIpc) is 2.91. The second-order valence-corrected chi connectivity index (χ2v) is 5.24. The molecule has 0 saturated carbocycles. The smallest absolute Gasteiger partial charge is 0.110 e. The molecule has 0 atom stereocenters. The maximum atomic E-state index is 6.19. The number of aromatic nitrogens is 3. The van der Waals surface area contributed by atoms with Crippen molar-refractivity contribution in [3.05, 3.63) is 70.4 Å². The van der Waals surface area contributed by atoms with Gasteiger partial charge < -0.3 is 4.98 Å². The van der Waals surface area contributed by atoms with Crippen LogP contribution in [0.3, 0.4) is 0 Å². The zero-order valence-corrected chi connectivity index (χ0v) is 12.0. The van der Waals surface area contributed by atoms with Crippen molar-refractivity contribution in [3.63, 3.8) is 0 Å². The maximum Gasteiger partial charge on any atom is 0.110 e. The molecule has 0 saturated heterocycles. The van der Waals surface area contributed by atoms with E-state index in [-0.39, 0.29) is 0 Å². The summed E-state index contributed by atoms with van der Waals surface area (Å²) in [5.74, 6) is 0.877. The molecular weight excluding hydrogens is 293 g/mol. The molecule has 3 rings (SSSR count). The van der Waals surface area contributed by atoms with E-state index in [4.69, 9.17) is 23.2 Å². The number of pyridine rings is 1. The van der Waals surface area contributed by atoms with Crippen molar-refractivity contribution >= 4 is 23.2 Å². The Morgan fingerprint density at radius 1 is 1.05 bits per heavy atom. The minimum atomic E-state index is 0.647. The maximum absolute atomic E-state index is 6.19. The summed E-state index contributed by atoms with van der Waals surface area (Å²) in [6.07, 6.45) is 6.04. The summed E-state index contributed by atoms with van der Waals surface area (Å²) in [5, 5.41) is 1.29. The summed E-state index contributed by atoms with van der Waals surface area (Å²) in [6.45, 7) is 0. The average molecular weight is 304 g/mol. The summed E-state index contributed by atoms with van der Waals surface area (Å²) >= 11 is 12.2. The Hall–Kier alpha value is -1.84. The van der Waals surface area contributed by atoms with Crippen LogP contribution in [0.25, 0.3) is 11.3 Å². The highest BCUT2D eigenvalue weighted by molar-refractivity contribution is 6.35. The van der Waals surface area contributed by atoms with Gasteiger partial charge in [0, 0.05) is 29.4 Å². The van der Waals surface area contributed by atoms with E-state index >= 15 is 0 Å². The number of halogens is 2. The molecule has 3 aromatic rings. The zero-order valence-electron chi connectivity index (χ0n) is 10.5. The second kappa shape index (κ2) is 5.65. The van der Waals surface area contributed by atoms with Gasteiger partial charge in [-0.2, -0.15) is 0 Å². The molecule has 100 valence electrons. The van der Waals surface area contributed by atoms with E-state index in [2.05, 4.69) is 15.0 Å². The molecule has 0 spiro atoms. The van der Waals surface area contributed by atoms with E-state index < -0.39 is 0 Å². The molecule has 2 aromatic heterocycles. The fourth-order valence-electron chi connectivity index (χ4n) is 1.99. The van der Waals surface area contributed by atoms with Crippen LogP contribution in [-0.4, -0.2) is 15.0 Å². The molecule has 0 unspecified atom stereocenters. The van der Waals surface area contributed by atoms with Gasteiger partial charge in [0.2, 0.25) is 0 Å². The Balaban J connectivity index is 1.88. The number of hydrogen-bond donors (Lipinski definition) is 1. The highest BCUT2D eigenvalue weighted by Crippen LogP contribution is 2.29. The van der Waals surface area contributed by atoms with Crippen LogP contribution in [0, 0.1) is 0 Å². The van der Waals surface area contributed by atoms with Gasteiger partial charge in [0.05, 0.1) is 16.9 Å². The van der Waals surface area contributed by atoms with Crippen LogP contribution in [0.15, 0.2) is 48.9 Å². The van der Waals surface area contributed by atoms with Gasteiger partial charge >= 0.3 is 0 Å². The first kappa shape index (κ1) is 13.2. The Morgan fingerprint density at radius 3 is 2.65 bits per heavy atom. The lowest BCUT2D eigenvalue weighted by atomic mass is 10.2. The summed E-state index contributed by atoms with van der Waals surface area (Å²) < 4.78 is 0. The standard InChI is InChI=1S/C15H11Cl2N3/c16-11-1-2-13(17)12(8-11)14-9-19-15(20-14)7-10-3-5-18-6-4-10/h1-6,8-9H,7H2,(H,19,20). The molecular formula is C15H11Cl2N3. The molecule has 1 N–H and O–H groups in total.